The van der Waals surface area contributed by atoms with Crippen LogP contribution in [-0.4, -0.2) is 37.7 Å². The maximum absolute atomic E-state index is 12.5. The predicted molar refractivity (Wildman–Crippen MR) is 106 cm³/mol. The van der Waals surface area contributed by atoms with Gasteiger partial charge in [-0.3, -0.25) is 9.59 Å². The number of thiophene rings is 1. The number of aromatic nitrogens is 4. The monoisotopic (exact) mass is 401 g/mol. The molecular formula is C18H19N5O2S2. The van der Waals surface area contributed by atoms with Gasteiger partial charge in [-0.25, -0.2) is 0 Å². The zero-order chi connectivity index (χ0) is 19.4. The van der Waals surface area contributed by atoms with Crippen LogP contribution in [0.4, 0.5) is 0 Å². The smallest absolute Gasteiger partial charge is 0.217 e. The molecule has 9 heteroatoms. The number of thioether (sulfide) groups is 1. The van der Waals surface area contributed by atoms with Crippen molar-refractivity contribution in [3.8, 4) is 5.69 Å². The Morgan fingerprint density at radius 2 is 1.93 bits per heavy atom. The Labute approximate surface area is 165 Å². The van der Waals surface area contributed by atoms with Gasteiger partial charge in [0.2, 0.25) is 11.1 Å². The molecule has 0 atom stereocenters. The number of nitrogens with zero attached hydrogens (tertiary/aromatic N) is 4. The number of benzene rings is 1. The highest BCUT2D eigenvalue weighted by atomic mass is 32.2. The highest BCUT2D eigenvalue weighted by molar-refractivity contribution is 7.99. The molecule has 2 heterocycles. The second-order valence-electron chi connectivity index (χ2n) is 6.11. The molecule has 3 aromatic rings. The van der Waals surface area contributed by atoms with E-state index in [1.165, 1.54) is 30.0 Å². The molecule has 0 aliphatic heterocycles. The van der Waals surface area contributed by atoms with Crippen LogP contribution in [-0.2, 0) is 11.3 Å². The molecule has 0 aliphatic carbocycles. The maximum Gasteiger partial charge on any atom is 0.217 e. The van der Waals surface area contributed by atoms with Gasteiger partial charge in [0.05, 0.1) is 22.9 Å². The van der Waals surface area contributed by atoms with Crippen molar-refractivity contribution in [2.45, 2.75) is 32.5 Å². The van der Waals surface area contributed by atoms with Gasteiger partial charge in [-0.15, -0.1) is 16.4 Å². The summed E-state index contributed by atoms with van der Waals surface area (Å²) < 4.78 is 1.65. The molecule has 0 saturated carbocycles. The molecule has 0 aliphatic rings. The molecule has 1 aromatic carbocycles. The van der Waals surface area contributed by atoms with Crippen LogP contribution >= 0.6 is 23.1 Å². The van der Waals surface area contributed by atoms with Gasteiger partial charge in [-0.05, 0) is 59.7 Å². The summed E-state index contributed by atoms with van der Waals surface area (Å²) in [5.74, 6) is 0.157. The minimum atomic E-state index is -0.0925. The van der Waals surface area contributed by atoms with E-state index in [0.29, 0.717) is 16.6 Å². The first-order valence-corrected chi connectivity index (χ1v) is 10.1. The van der Waals surface area contributed by atoms with Gasteiger partial charge in [0.15, 0.2) is 5.78 Å². The number of nitrogens with one attached hydrogen (secondary N) is 1. The van der Waals surface area contributed by atoms with Gasteiger partial charge < -0.3 is 5.32 Å². The van der Waals surface area contributed by atoms with Crippen molar-refractivity contribution in [1.82, 2.24) is 25.5 Å². The van der Waals surface area contributed by atoms with Gasteiger partial charge >= 0.3 is 0 Å². The number of tetrazole rings is 1. The SMILES string of the molecule is CC(=O)NCc1ccc(C(=O)CSc2nnnn2-c2cc(C)cc(C)c2)s1. The number of ketones is 1. The Balaban J connectivity index is 1.66. The zero-order valence-corrected chi connectivity index (χ0v) is 16.9. The second-order valence-corrected chi connectivity index (χ2v) is 8.22. The molecule has 1 amide bonds. The summed E-state index contributed by atoms with van der Waals surface area (Å²) >= 11 is 2.69. The first kappa shape index (κ1) is 19.2. The first-order chi connectivity index (χ1) is 12.9. The molecule has 7 nitrogen and oxygen atoms in total. The molecule has 0 saturated heterocycles. The topological polar surface area (TPSA) is 89.8 Å². The lowest BCUT2D eigenvalue weighted by atomic mass is 10.1. The molecule has 0 bridgehead atoms. The van der Waals surface area contributed by atoms with Crippen molar-refractivity contribution in [2.24, 2.45) is 0 Å². The summed E-state index contributed by atoms with van der Waals surface area (Å²) in [5.41, 5.74) is 3.12. The Morgan fingerprint density at radius 1 is 1.19 bits per heavy atom. The molecule has 3 rings (SSSR count). The minimum absolute atomic E-state index is 0.00838. The summed E-state index contributed by atoms with van der Waals surface area (Å²) in [4.78, 5) is 25.1. The van der Waals surface area contributed by atoms with Crippen LogP contribution < -0.4 is 5.32 Å². The number of rotatable bonds is 7. The maximum atomic E-state index is 12.5. The second kappa shape index (κ2) is 8.45. The van der Waals surface area contributed by atoms with E-state index in [0.717, 1.165) is 21.7 Å². The molecule has 140 valence electrons. The van der Waals surface area contributed by atoms with Crippen molar-refractivity contribution < 1.29 is 9.59 Å². The number of carbonyl (C=O) groups is 2. The number of hydrogen-bond acceptors (Lipinski definition) is 7. The average molecular weight is 402 g/mol. The van der Waals surface area contributed by atoms with Crippen LogP contribution in [0, 0.1) is 13.8 Å². The van der Waals surface area contributed by atoms with Crippen LogP contribution in [0.3, 0.4) is 0 Å². The summed E-state index contributed by atoms with van der Waals surface area (Å²) in [7, 11) is 0. The molecule has 0 fully saturated rings. The number of carbonyl (C=O) groups excluding carboxylic acids is 2. The average Bonchev–Trinajstić information content (AvgIpc) is 3.26. The number of amides is 1. The number of Topliss-reactive ketones (excluding diaryl/α,β-unsaturated/α-hetero) is 1. The summed E-state index contributed by atoms with van der Waals surface area (Å²) in [5, 5.41) is 15.1. The molecule has 0 radical (unpaired) electrons. The van der Waals surface area contributed by atoms with E-state index < -0.39 is 0 Å². The Hall–Kier alpha value is -2.52. The van der Waals surface area contributed by atoms with Gasteiger partial charge in [0.1, 0.15) is 0 Å². The van der Waals surface area contributed by atoms with Crippen molar-refractivity contribution in [2.75, 3.05) is 5.75 Å². The normalized spacial score (nSPS) is 10.8. The van der Waals surface area contributed by atoms with E-state index >= 15 is 0 Å². The quantitative estimate of drug-likeness (QED) is 0.484. The molecular weight excluding hydrogens is 382 g/mol. The first-order valence-electron chi connectivity index (χ1n) is 8.28. The fourth-order valence-corrected chi connectivity index (χ4v) is 4.29. The van der Waals surface area contributed by atoms with E-state index in [2.05, 4.69) is 26.9 Å². The Morgan fingerprint density at radius 3 is 2.63 bits per heavy atom. The van der Waals surface area contributed by atoms with Crippen LogP contribution in [0.2, 0.25) is 0 Å². The lowest BCUT2D eigenvalue weighted by Crippen LogP contribution is -2.18. The van der Waals surface area contributed by atoms with Gasteiger partial charge in [0.25, 0.3) is 0 Å². The van der Waals surface area contributed by atoms with E-state index in [9.17, 15) is 9.59 Å². The van der Waals surface area contributed by atoms with E-state index in [1.54, 1.807) is 10.7 Å². The van der Waals surface area contributed by atoms with Crippen molar-refractivity contribution >= 4 is 34.8 Å². The van der Waals surface area contributed by atoms with E-state index in [1.807, 2.05) is 32.0 Å². The molecule has 0 spiro atoms. The lowest BCUT2D eigenvalue weighted by molar-refractivity contribution is -0.119. The highest BCUT2D eigenvalue weighted by Crippen LogP contribution is 2.23. The van der Waals surface area contributed by atoms with E-state index in [4.69, 9.17) is 0 Å². The molecule has 2 aromatic heterocycles. The minimum Gasteiger partial charge on any atom is -0.351 e. The van der Waals surface area contributed by atoms with Crippen molar-refractivity contribution in [3.05, 3.63) is 51.2 Å². The zero-order valence-electron chi connectivity index (χ0n) is 15.2. The largest absolute Gasteiger partial charge is 0.351 e. The number of hydrogen-bond donors (Lipinski definition) is 1. The highest BCUT2D eigenvalue weighted by Gasteiger charge is 2.15. The van der Waals surface area contributed by atoms with Gasteiger partial charge in [-0.1, -0.05) is 17.8 Å². The fourth-order valence-electron chi connectivity index (χ4n) is 2.54. The standard InChI is InChI=1S/C18H19N5O2S2/c1-11-6-12(2)8-14(7-11)23-18(20-21-22-23)26-10-16(25)17-5-4-15(27-17)9-19-13(3)24/h4-8H,9-10H2,1-3H3,(H,19,24). The molecule has 27 heavy (non-hydrogen) atoms. The van der Waals surface area contributed by atoms with Crippen molar-refractivity contribution in [1.29, 1.82) is 0 Å². The summed E-state index contributed by atoms with van der Waals surface area (Å²) in [6, 6.07) is 9.74. The fraction of sp³-hybridized carbons (Fsp3) is 0.278. The number of aryl methyl sites for hydroxylation is 2. The van der Waals surface area contributed by atoms with Crippen LogP contribution in [0.15, 0.2) is 35.5 Å². The molecule has 0 unspecified atom stereocenters. The predicted octanol–water partition coefficient (Wildman–Crippen LogP) is 2.95. The van der Waals surface area contributed by atoms with Gasteiger partial charge in [-0.2, -0.15) is 4.68 Å². The molecule has 1 N–H and O–H groups in total. The van der Waals surface area contributed by atoms with Crippen molar-refractivity contribution in [3.63, 3.8) is 0 Å². The summed E-state index contributed by atoms with van der Waals surface area (Å²) in [6.07, 6.45) is 0. The van der Waals surface area contributed by atoms with Crippen LogP contribution in [0.1, 0.15) is 32.6 Å². The Bertz CT molecular complexity index is 960. The third-order valence-corrected chi connectivity index (χ3v) is 5.72. The lowest BCUT2D eigenvalue weighted by Gasteiger charge is -2.06. The third-order valence-electron chi connectivity index (χ3n) is 3.67. The van der Waals surface area contributed by atoms with Crippen LogP contribution in [0.5, 0.6) is 0 Å². The Kier molecular flexibility index (Phi) is 6.02. The van der Waals surface area contributed by atoms with Crippen LogP contribution in [0.25, 0.3) is 5.69 Å². The third kappa shape index (κ3) is 5.01. The van der Waals surface area contributed by atoms with E-state index in [-0.39, 0.29) is 17.4 Å². The summed E-state index contributed by atoms with van der Waals surface area (Å²) in [6.45, 7) is 5.95. The van der Waals surface area contributed by atoms with Gasteiger partial charge in [0, 0.05) is 11.8 Å².